The molecule has 5 nitrogen and oxygen atoms in total. The number of halogens is 2. The summed E-state index contributed by atoms with van der Waals surface area (Å²) in [5, 5.41) is 13.9. The second kappa shape index (κ2) is 5.48. The van der Waals surface area contributed by atoms with Crippen LogP contribution >= 0.6 is 0 Å². The Morgan fingerprint density at radius 2 is 2.21 bits per heavy atom. The quantitative estimate of drug-likeness (QED) is 0.677. The van der Waals surface area contributed by atoms with Gasteiger partial charge in [0.2, 0.25) is 11.6 Å². The van der Waals surface area contributed by atoms with Gasteiger partial charge in [-0.05, 0) is 18.9 Å². The van der Waals surface area contributed by atoms with Crippen LogP contribution in [-0.4, -0.2) is 24.1 Å². The maximum Gasteiger partial charge on any atom is 0.346 e. The highest BCUT2D eigenvalue weighted by Crippen LogP contribution is 2.33. The van der Waals surface area contributed by atoms with E-state index < -0.39 is 22.2 Å². The second-order valence-electron chi connectivity index (χ2n) is 4.62. The van der Waals surface area contributed by atoms with Gasteiger partial charge >= 0.3 is 5.69 Å². The molecule has 2 rings (SSSR count). The molecule has 1 aromatic rings. The third kappa shape index (κ3) is 2.98. The van der Waals surface area contributed by atoms with Gasteiger partial charge in [0, 0.05) is 18.7 Å². The van der Waals surface area contributed by atoms with E-state index in [-0.39, 0.29) is 17.8 Å². The van der Waals surface area contributed by atoms with Gasteiger partial charge in [0.1, 0.15) is 11.9 Å². The summed E-state index contributed by atoms with van der Waals surface area (Å²) in [5.41, 5.74) is -0.820. The minimum absolute atomic E-state index is 0.159. The molecule has 19 heavy (non-hydrogen) atoms. The first kappa shape index (κ1) is 13.7. The van der Waals surface area contributed by atoms with Crippen LogP contribution in [0, 0.1) is 27.7 Å². The summed E-state index contributed by atoms with van der Waals surface area (Å²) in [4.78, 5) is 9.93. The maximum atomic E-state index is 13.4. The number of nitrogens with one attached hydrogen (secondary N) is 1. The average Bonchev–Trinajstić information content (AvgIpc) is 2.30. The number of nitro benzene ring substituents is 1. The summed E-state index contributed by atoms with van der Waals surface area (Å²) in [5.74, 6) is -2.32. The zero-order chi connectivity index (χ0) is 14.0. The fourth-order valence-electron chi connectivity index (χ4n) is 2.09. The van der Waals surface area contributed by atoms with E-state index in [9.17, 15) is 18.9 Å². The lowest BCUT2D eigenvalue weighted by Gasteiger charge is -2.29. The normalized spacial score (nSPS) is 23.1. The van der Waals surface area contributed by atoms with Crippen molar-refractivity contribution in [2.24, 2.45) is 5.92 Å². The van der Waals surface area contributed by atoms with Gasteiger partial charge in [-0.2, -0.15) is 4.39 Å². The Labute approximate surface area is 108 Å². The van der Waals surface area contributed by atoms with Crippen molar-refractivity contribution in [1.29, 1.82) is 0 Å². The zero-order valence-corrected chi connectivity index (χ0v) is 10.4. The van der Waals surface area contributed by atoms with Crippen LogP contribution in [0.2, 0.25) is 0 Å². The molecule has 2 atom stereocenters. The van der Waals surface area contributed by atoms with E-state index >= 15 is 0 Å². The molecular weight excluding hydrogens is 258 g/mol. The number of hydrogen-bond donors (Lipinski definition) is 1. The van der Waals surface area contributed by atoms with Crippen molar-refractivity contribution < 1.29 is 18.4 Å². The Balaban J connectivity index is 2.30. The molecule has 1 saturated heterocycles. The molecule has 1 aliphatic heterocycles. The van der Waals surface area contributed by atoms with Gasteiger partial charge in [-0.1, -0.05) is 6.92 Å². The van der Waals surface area contributed by atoms with Crippen LogP contribution in [0.3, 0.4) is 0 Å². The van der Waals surface area contributed by atoms with Crippen molar-refractivity contribution in [1.82, 2.24) is 5.32 Å². The molecule has 0 amide bonds. The smallest absolute Gasteiger partial charge is 0.346 e. The van der Waals surface area contributed by atoms with E-state index in [0.717, 1.165) is 19.0 Å². The summed E-state index contributed by atoms with van der Waals surface area (Å²) in [6, 6.07) is 1.33. The van der Waals surface area contributed by atoms with Crippen LogP contribution in [0.25, 0.3) is 0 Å². The van der Waals surface area contributed by atoms with Crippen molar-refractivity contribution in [3.8, 4) is 5.75 Å². The zero-order valence-electron chi connectivity index (χ0n) is 10.4. The first-order valence-corrected chi connectivity index (χ1v) is 6.00. The van der Waals surface area contributed by atoms with Crippen molar-refractivity contribution >= 4 is 5.69 Å². The lowest BCUT2D eigenvalue weighted by Crippen LogP contribution is -2.42. The minimum Gasteiger partial charge on any atom is -0.482 e. The number of hydrogen-bond acceptors (Lipinski definition) is 4. The molecule has 0 aromatic heterocycles. The van der Waals surface area contributed by atoms with Gasteiger partial charge in [-0.15, -0.1) is 0 Å². The standard InChI is InChI=1S/C12H14F2N2O3/c1-7-2-3-15-6-11(7)19-10-5-8(13)4-9(14)12(10)16(17)18/h4-5,7,11,15H,2-3,6H2,1H3. The van der Waals surface area contributed by atoms with E-state index in [2.05, 4.69) is 5.32 Å². The Kier molecular flexibility index (Phi) is 3.94. The predicted molar refractivity (Wildman–Crippen MR) is 64.1 cm³/mol. The summed E-state index contributed by atoms with van der Waals surface area (Å²) in [6.07, 6.45) is 0.504. The van der Waals surface area contributed by atoms with Crippen LogP contribution in [-0.2, 0) is 0 Å². The number of ether oxygens (including phenoxy) is 1. The third-order valence-corrected chi connectivity index (χ3v) is 3.21. The monoisotopic (exact) mass is 272 g/mol. The topological polar surface area (TPSA) is 64.4 Å². The van der Waals surface area contributed by atoms with Crippen molar-refractivity contribution in [3.05, 3.63) is 33.9 Å². The molecule has 1 heterocycles. The van der Waals surface area contributed by atoms with Gasteiger partial charge in [-0.25, -0.2) is 4.39 Å². The van der Waals surface area contributed by atoms with Crippen molar-refractivity contribution in [2.45, 2.75) is 19.4 Å². The van der Waals surface area contributed by atoms with Gasteiger partial charge in [-0.3, -0.25) is 10.1 Å². The molecule has 0 saturated carbocycles. The molecule has 7 heteroatoms. The van der Waals surface area contributed by atoms with Crippen LogP contribution in [0.15, 0.2) is 12.1 Å². The predicted octanol–water partition coefficient (Wildman–Crippen LogP) is 2.25. The summed E-state index contributed by atoms with van der Waals surface area (Å²) in [7, 11) is 0. The minimum atomic E-state index is -1.23. The molecule has 1 aromatic carbocycles. The molecular formula is C12H14F2N2O3. The number of rotatable bonds is 3. The van der Waals surface area contributed by atoms with Crippen molar-refractivity contribution in [2.75, 3.05) is 13.1 Å². The lowest BCUT2D eigenvalue weighted by atomic mass is 9.97. The highest BCUT2D eigenvalue weighted by molar-refractivity contribution is 5.47. The maximum absolute atomic E-state index is 13.4. The molecule has 0 radical (unpaired) electrons. The number of piperidine rings is 1. The largest absolute Gasteiger partial charge is 0.482 e. The first-order chi connectivity index (χ1) is 8.99. The average molecular weight is 272 g/mol. The highest BCUT2D eigenvalue weighted by atomic mass is 19.1. The second-order valence-corrected chi connectivity index (χ2v) is 4.62. The van der Waals surface area contributed by atoms with E-state index in [1.165, 1.54) is 0 Å². The molecule has 0 bridgehead atoms. The first-order valence-electron chi connectivity index (χ1n) is 6.00. The Morgan fingerprint density at radius 3 is 2.84 bits per heavy atom. The number of nitrogens with zero attached hydrogens (tertiary/aromatic N) is 1. The SMILES string of the molecule is CC1CCNCC1Oc1cc(F)cc(F)c1[N+](=O)[O-]. The van der Waals surface area contributed by atoms with E-state index in [1.807, 2.05) is 6.92 Å². The number of nitro groups is 1. The van der Waals surface area contributed by atoms with E-state index in [0.29, 0.717) is 12.6 Å². The molecule has 2 unspecified atom stereocenters. The fraction of sp³-hybridized carbons (Fsp3) is 0.500. The van der Waals surface area contributed by atoms with Crippen LogP contribution in [0.1, 0.15) is 13.3 Å². The van der Waals surface area contributed by atoms with E-state index in [1.54, 1.807) is 0 Å². The van der Waals surface area contributed by atoms with Crippen LogP contribution < -0.4 is 10.1 Å². The van der Waals surface area contributed by atoms with Crippen LogP contribution in [0.4, 0.5) is 14.5 Å². The lowest BCUT2D eigenvalue weighted by molar-refractivity contribution is -0.388. The van der Waals surface area contributed by atoms with Gasteiger partial charge < -0.3 is 10.1 Å². The molecule has 1 N–H and O–H groups in total. The molecule has 1 fully saturated rings. The highest BCUT2D eigenvalue weighted by Gasteiger charge is 2.29. The third-order valence-electron chi connectivity index (χ3n) is 3.21. The Bertz CT molecular complexity index is 496. The Hall–Kier alpha value is -1.76. The summed E-state index contributed by atoms with van der Waals surface area (Å²) >= 11 is 0. The van der Waals surface area contributed by atoms with Crippen LogP contribution in [0.5, 0.6) is 5.75 Å². The van der Waals surface area contributed by atoms with E-state index in [4.69, 9.17) is 4.74 Å². The molecule has 0 aliphatic carbocycles. The number of benzene rings is 1. The van der Waals surface area contributed by atoms with Gasteiger partial charge in [0.05, 0.1) is 4.92 Å². The Morgan fingerprint density at radius 1 is 1.47 bits per heavy atom. The molecule has 104 valence electrons. The van der Waals surface area contributed by atoms with Crippen molar-refractivity contribution in [3.63, 3.8) is 0 Å². The molecule has 0 spiro atoms. The van der Waals surface area contributed by atoms with Gasteiger partial charge in [0.25, 0.3) is 0 Å². The molecule has 1 aliphatic rings. The summed E-state index contributed by atoms with van der Waals surface area (Å²) < 4.78 is 32.0. The summed E-state index contributed by atoms with van der Waals surface area (Å²) in [6.45, 7) is 3.27. The van der Waals surface area contributed by atoms with Gasteiger partial charge in [0.15, 0.2) is 0 Å². The fourth-order valence-corrected chi connectivity index (χ4v) is 2.09.